The largest absolute Gasteiger partial charge is 0.461 e. The van der Waals surface area contributed by atoms with Crippen LogP contribution in [0.5, 0.6) is 0 Å². The summed E-state index contributed by atoms with van der Waals surface area (Å²) in [7, 11) is -3.48. The summed E-state index contributed by atoms with van der Waals surface area (Å²) in [6.07, 6.45) is 1.48. The van der Waals surface area contributed by atoms with Crippen LogP contribution >= 0.6 is 7.60 Å². The molecule has 2 aromatic heterocycles. The Morgan fingerprint density at radius 2 is 1.86 bits per heavy atom. The number of ether oxygens (including phenoxy) is 1. The van der Waals surface area contributed by atoms with Gasteiger partial charge >= 0.3 is 13.6 Å². The van der Waals surface area contributed by atoms with Crippen molar-refractivity contribution in [1.82, 2.24) is 9.38 Å². The summed E-state index contributed by atoms with van der Waals surface area (Å²) in [5, 5.41) is 0. The molecule has 8 heteroatoms. The lowest BCUT2D eigenvalue weighted by Crippen LogP contribution is -2.18. The maximum atomic E-state index is 12.9. The number of carbonyl (C=O) groups is 1. The third-order valence-electron chi connectivity index (χ3n) is 2.83. The van der Waals surface area contributed by atoms with E-state index in [1.807, 2.05) is 0 Å². The molecule has 0 aliphatic rings. The van der Waals surface area contributed by atoms with Crippen molar-refractivity contribution in [1.29, 1.82) is 0 Å². The topological polar surface area (TPSA) is 79.1 Å². The van der Waals surface area contributed by atoms with E-state index >= 15 is 0 Å². The smallest absolute Gasteiger partial charge is 0.377 e. The molecule has 2 aromatic rings. The van der Waals surface area contributed by atoms with Crippen molar-refractivity contribution in [3.63, 3.8) is 0 Å². The molecular weight excluding hydrogens is 307 g/mol. The van der Waals surface area contributed by atoms with E-state index in [4.69, 9.17) is 13.8 Å². The highest BCUT2D eigenvalue weighted by molar-refractivity contribution is 7.62. The van der Waals surface area contributed by atoms with Gasteiger partial charge in [-0.15, -0.1) is 0 Å². The molecule has 2 heterocycles. The summed E-state index contributed by atoms with van der Waals surface area (Å²) >= 11 is 0. The minimum absolute atomic E-state index is 0.147. The second-order valence-electron chi connectivity index (χ2n) is 4.29. The summed E-state index contributed by atoms with van der Waals surface area (Å²) in [5.41, 5.74) is 0.950. The van der Waals surface area contributed by atoms with Crippen LogP contribution in [0.1, 0.15) is 31.3 Å². The van der Waals surface area contributed by atoms with E-state index in [2.05, 4.69) is 4.98 Å². The fraction of sp³-hybridized carbons (Fsp3) is 0.429. The quantitative estimate of drug-likeness (QED) is 0.574. The number of pyridine rings is 1. The van der Waals surface area contributed by atoms with Crippen LogP contribution in [0.2, 0.25) is 0 Å². The van der Waals surface area contributed by atoms with Crippen LogP contribution in [-0.4, -0.2) is 35.2 Å². The first-order valence-corrected chi connectivity index (χ1v) is 8.64. The number of esters is 1. The first-order chi connectivity index (χ1) is 10.6. The van der Waals surface area contributed by atoms with Gasteiger partial charge in [0, 0.05) is 6.20 Å². The predicted molar refractivity (Wildman–Crippen MR) is 81.6 cm³/mol. The summed E-state index contributed by atoms with van der Waals surface area (Å²) in [4.78, 5) is 16.0. The monoisotopic (exact) mass is 326 g/mol. The van der Waals surface area contributed by atoms with Crippen molar-refractivity contribution < 1.29 is 23.1 Å². The van der Waals surface area contributed by atoms with Crippen LogP contribution in [-0.2, 0) is 18.3 Å². The summed E-state index contributed by atoms with van der Waals surface area (Å²) in [5.74, 6) is -0.528. The summed E-state index contributed by atoms with van der Waals surface area (Å²) in [6, 6.07) is 5.03. The van der Waals surface area contributed by atoms with Crippen LogP contribution in [0.15, 0.2) is 24.4 Å². The van der Waals surface area contributed by atoms with Gasteiger partial charge in [0.1, 0.15) is 11.1 Å². The van der Waals surface area contributed by atoms with Gasteiger partial charge in [-0.05, 0) is 32.9 Å². The van der Waals surface area contributed by atoms with Crippen molar-refractivity contribution in [2.24, 2.45) is 0 Å². The summed E-state index contributed by atoms with van der Waals surface area (Å²) < 4.78 is 30.1. The highest BCUT2D eigenvalue weighted by atomic mass is 31.2. The van der Waals surface area contributed by atoms with E-state index in [1.54, 1.807) is 43.4 Å². The lowest BCUT2D eigenvalue weighted by molar-refractivity contribution is 0.0520. The standard InChI is InChI=1S/C14H19N2O5P/c1-4-19-14(17)11-10-16-12(15-11)8-7-9-13(16)22(18,20-5-2)21-6-3/h7-10H,4-6H2,1-3H3. The van der Waals surface area contributed by atoms with Gasteiger partial charge in [0.15, 0.2) is 5.69 Å². The molecule has 22 heavy (non-hydrogen) atoms. The molecule has 0 spiro atoms. The fourth-order valence-corrected chi connectivity index (χ4v) is 3.74. The van der Waals surface area contributed by atoms with Crippen LogP contribution in [0, 0.1) is 0 Å². The Bertz CT molecular complexity index is 702. The predicted octanol–water partition coefficient (Wildman–Crippen LogP) is 2.40. The molecule has 0 aliphatic carbocycles. The molecule has 0 amide bonds. The second-order valence-corrected chi connectivity index (χ2v) is 6.26. The van der Waals surface area contributed by atoms with E-state index in [0.717, 1.165) is 0 Å². The first-order valence-electron chi connectivity index (χ1n) is 7.10. The molecule has 0 atom stereocenters. The lowest BCUT2D eigenvalue weighted by Gasteiger charge is -2.18. The van der Waals surface area contributed by atoms with Crippen molar-refractivity contribution in [3.8, 4) is 0 Å². The van der Waals surface area contributed by atoms with Gasteiger partial charge in [0.2, 0.25) is 0 Å². The van der Waals surface area contributed by atoms with E-state index < -0.39 is 13.6 Å². The third kappa shape index (κ3) is 3.21. The molecule has 0 unspecified atom stereocenters. The molecule has 0 aliphatic heterocycles. The molecule has 0 fully saturated rings. The van der Waals surface area contributed by atoms with E-state index in [1.165, 1.54) is 6.20 Å². The zero-order valence-electron chi connectivity index (χ0n) is 12.8. The number of fused-ring (bicyclic) bond motifs is 1. The third-order valence-corrected chi connectivity index (χ3v) is 4.96. The van der Waals surface area contributed by atoms with E-state index in [9.17, 15) is 9.36 Å². The zero-order chi connectivity index (χ0) is 16.2. The van der Waals surface area contributed by atoms with Gasteiger partial charge in [-0.1, -0.05) is 6.07 Å². The highest BCUT2D eigenvalue weighted by Crippen LogP contribution is 2.46. The maximum absolute atomic E-state index is 12.9. The van der Waals surface area contributed by atoms with E-state index in [-0.39, 0.29) is 25.5 Å². The minimum Gasteiger partial charge on any atom is -0.461 e. The summed E-state index contributed by atoms with van der Waals surface area (Å²) in [6.45, 7) is 5.95. The van der Waals surface area contributed by atoms with Crippen molar-refractivity contribution in [3.05, 3.63) is 30.1 Å². The SMILES string of the molecule is CCOC(=O)c1cn2c(P(=O)(OCC)OCC)cccc2n1. The maximum Gasteiger partial charge on any atom is 0.377 e. The Labute approximate surface area is 128 Å². The number of imidazole rings is 1. The molecule has 2 rings (SSSR count). The molecule has 7 nitrogen and oxygen atoms in total. The van der Waals surface area contributed by atoms with Crippen molar-refractivity contribution in [2.75, 3.05) is 19.8 Å². The number of aromatic nitrogens is 2. The average Bonchev–Trinajstić information content (AvgIpc) is 2.91. The molecule has 0 bridgehead atoms. The molecule has 0 saturated heterocycles. The van der Waals surface area contributed by atoms with Crippen LogP contribution < -0.4 is 5.44 Å². The van der Waals surface area contributed by atoms with Crippen molar-refractivity contribution in [2.45, 2.75) is 20.8 Å². The highest BCUT2D eigenvalue weighted by Gasteiger charge is 2.30. The molecule has 0 saturated carbocycles. The van der Waals surface area contributed by atoms with Gasteiger partial charge in [-0.3, -0.25) is 8.97 Å². The van der Waals surface area contributed by atoms with E-state index in [0.29, 0.717) is 11.1 Å². The zero-order valence-corrected chi connectivity index (χ0v) is 13.7. The molecule has 0 aromatic carbocycles. The lowest BCUT2D eigenvalue weighted by atomic mass is 10.5. The number of nitrogens with zero attached hydrogens (tertiary/aromatic N) is 2. The van der Waals surface area contributed by atoms with Gasteiger partial charge in [0.05, 0.1) is 19.8 Å². The van der Waals surface area contributed by atoms with Gasteiger partial charge < -0.3 is 13.8 Å². The van der Waals surface area contributed by atoms with Gasteiger partial charge in [0.25, 0.3) is 0 Å². The van der Waals surface area contributed by atoms with Crippen molar-refractivity contribution >= 4 is 24.6 Å². The number of rotatable bonds is 7. The second kappa shape index (κ2) is 7.05. The normalized spacial score (nSPS) is 11.8. The Morgan fingerprint density at radius 1 is 1.18 bits per heavy atom. The van der Waals surface area contributed by atoms with Gasteiger partial charge in [-0.2, -0.15) is 0 Å². The Hall–Kier alpha value is -1.69. The number of hydrogen-bond donors (Lipinski definition) is 0. The Kier molecular flexibility index (Phi) is 5.34. The fourth-order valence-electron chi connectivity index (χ4n) is 2.03. The molecular formula is C14H19N2O5P. The number of carbonyl (C=O) groups excluding carboxylic acids is 1. The molecule has 0 radical (unpaired) electrons. The average molecular weight is 326 g/mol. The van der Waals surface area contributed by atoms with Crippen LogP contribution in [0.3, 0.4) is 0 Å². The first kappa shape index (κ1) is 16.7. The van der Waals surface area contributed by atoms with Crippen LogP contribution in [0.4, 0.5) is 0 Å². The van der Waals surface area contributed by atoms with Gasteiger partial charge in [-0.25, -0.2) is 9.78 Å². The molecule has 0 N–H and O–H groups in total. The minimum atomic E-state index is -3.48. The van der Waals surface area contributed by atoms with Crippen LogP contribution in [0.25, 0.3) is 5.65 Å². The molecule has 120 valence electrons. The number of hydrogen-bond acceptors (Lipinski definition) is 6. The Morgan fingerprint density at radius 3 is 2.45 bits per heavy atom. The Balaban J connectivity index is 2.54.